The van der Waals surface area contributed by atoms with Gasteiger partial charge in [-0.3, -0.25) is 29.8 Å². The third-order valence-corrected chi connectivity index (χ3v) is 2.13. The Kier molecular flexibility index (Phi) is 4.31. The van der Waals surface area contributed by atoms with Gasteiger partial charge in [-0.2, -0.15) is 0 Å². The molecule has 0 aliphatic carbocycles. The van der Waals surface area contributed by atoms with E-state index in [1.54, 1.807) is 0 Å². The fraction of sp³-hybridized carbons (Fsp3) is 0.200. The Morgan fingerprint density at radius 2 is 1.20 bits per heavy atom. The zero-order chi connectivity index (χ0) is 15.4. The number of benzene rings is 1. The highest BCUT2D eigenvalue weighted by Crippen LogP contribution is 2.36. The van der Waals surface area contributed by atoms with Crippen molar-refractivity contribution in [2.24, 2.45) is 0 Å². The lowest BCUT2D eigenvalue weighted by Crippen LogP contribution is -2.13. The molecule has 106 valence electrons. The molecule has 0 saturated carbocycles. The summed E-state index contributed by atoms with van der Waals surface area (Å²) in [6.07, 6.45) is 0. The summed E-state index contributed by atoms with van der Waals surface area (Å²) in [6, 6.07) is 1.65. The minimum Gasteiger partial charge on any atom is -0.324 e. The SMILES string of the molecule is CC(=O)Nc1cc([N+](=O)[O-])c([N+](=O)[O-])cc1NC(C)=O. The lowest BCUT2D eigenvalue weighted by atomic mass is 10.2. The molecule has 10 nitrogen and oxygen atoms in total. The number of nitro groups is 2. The van der Waals surface area contributed by atoms with E-state index in [0.717, 1.165) is 26.0 Å². The fourth-order valence-electron chi connectivity index (χ4n) is 1.46. The molecule has 1 aromatic rings. The van der Waals surface area contributed by atoms with Crippen molar-refractivity contribution in [2.45, 2.75) is 13.8 Å². The Balaban J connectivity index is 3.50. The van der Waals surface area contributed by atoms with Gasteiger partial charge >= 0.3 is 11.4 Å². The Morgan fingerprint density at radius 3 is 1.40 bits per heavy atom. The summed E-state index contributed by atoms with van der Waals surface area (Å²) in [6.45, 7) is 2.32. The molecule has 1 rings (SSSR count). The topological polar surface area (TPSA) is 144 Å². The van der Waals surface area contributed by atoms with Crippen molar-refractivity contribution in [1.29, 1.82) is 0 Å². The zero-order valence-corrected chi connectivity index (χ0v) is 10.5. The monoisotopic (exact) mass is 282 g/mol. The number of rotatable bonds is 4. The summed E-state index contributed by atoms with van der Waals surface area (Å²) in [5.41, 5.74) is -1.75. The van der Waals surface area contributed by atoms with Crippen molar-refractivity contribution < 1.29 is 19.4 Å². The Bertz CT molecular complexity index is 559. The summed E-state index contributed by atoms with van der Waals surface area (Å²) >= 11 is 0. The Morgan fingerprint density at radius 1 is 0.900 bits per heavy atom. The normalized spacial score (nSPS) is 9.70. The lowest BCUT2D eigenvalue weighted by Gasteiger charge is -2.10. The van der Waals surface area contributed by atoms with Gasteiger partial charge in [0.25, 0.3) is 0 Å². The molecule has 0 spiro atoms. The quantitative estimate of drug-likeness (QED) is 0.631. The molecule has 2 amide bonds. The van der Waals surface area contributed by atoms with Crippen LogP contribution in [0.4, 0.5) is 22.7 Å². The van der Waals surface area contributed by atoms with E-state index < -0.39 is 33.0 Å². The molecular formula is C10H10N4O6. The average molecular weight is 282 g/mol. The van der Waals surface area contributed by atoms with Crippen LogP contribution in [0.5, 0.6) is 0 Å². The molecule has 10 heteroatoms. The van der Waals surface area contributed by atoms with E-state index in [0.29, 0.717) is 0 Å². The van der Waals surface area contributed by atoms with Crippen molar-refractivity contribution in [3.8, 4) is 0 Å². The van der Waals surface area contributed by atoms with Crippen molar-refractivity contribution in [3.63, 3.8) is 0 Å². The number of amides is 2. The molecule has 0 aromatic heterocycles. The standard InChI is InChI=1S/C10H10N4O6/c1-5(15)11-7-3-9(13(17)18)10(14(19)20)4-8(7)12-6(2)16/h3-4H,1-2H3,(H,11,15)(H,12,16). The second-order valence-electron chi connectivity index (χ2n) is 3.76. The maximum absolute atomic E-state index is 11.0. The number of nitrogens with one attached hydrogen (secondary N) is 2. The van der Waals surface area contributed by atoms with Crippen LogP contribution in [0.2, 0.25) is 0 Å². The number of hydrogen-bond acceptors (Lipinski definition) is 6. The zero-order valence-electron chi connectivity index (χ0n) is 10.5. The van der Waals surface area contributed by atoms with Crippen molar-refractivity contribution in [2.75, 3.05) is 10.6 Å². The molecule has 0 bridgehead atoms. The summed E-state index contributed by atoms with van der Waals surface area (Å²) in [4.78, 5) is 41.8. The molecule has 2 N–H and O–H groups in total. The van der Waals surface area contributed by atoms with E-state index in [2.05, 4.69) is 10.6 Å². The van der Waals surface area contributed by atoms with Crippen LogP contribution in [0.15, 0.2) is 12.1 Å². The molecule has 0 atom stereocenters. The van der Waals surface area contributed by atoms with Crippen molar-refractivity contribution in [3.05, 3.63) is 32.4 Å². The van der Waals surface area contributed by atoms with Crippen LogP contribution in [0.25, 0.3) is 0 Å². The third-order valence-electron chi connectivity index (χ3n) is 2.13. The van der Waals surface area contributed by atoms with Gasteiger partial charge in [0.2, 0.25) is 11.8 Å². The highest BCUT2D eigenvalue weighted by Gasteiger charge is 2.27. The van der Waals surface area contributed by atoms with Crippen LogP contribution in [0.3, 0.4) is 0 Å². The van der Waals surface area contributed by atoms with Gasteiger partial charge in [0.05, 0.1) is 21.2 Å². The molecule has 0 aliphatic heterocycles. The van der Waals surface area contributed by atoms with Crippen molar-refractivity contribution >= 4 is 34.6 Å². The van der Waals surface area contributed by atoms with E-state index in [4.69, 9.17) is 0 Å². The van der Waals surface area contributed by atoms with E-state index in [9.17, 15) is 29.8 Å². The van der Waals surface area contributed by atoms with Gasteiger partial charge in [-0.15, -0.1) is 0 Å². The molecule has 0 radical (unpaired) electrons. The molecule has 1 aromatic carbocycles. The Hall–Kier alpha value is -3.04. The van der Waals surface area contributed by atoms with Gasteiger partial charge in [-0.1, -0.05) is 0 Å². The van der Waals surface area contributed by atoms with E-state index in [1.807, 2.05) is 0 Å². The maximum Gasteiger partial charge on any atom is 0.348 e. The number of anilines is 2. The van der Waals surface area contributed by atoms with Crippen LogP contribution in [0, 0.1) is 20.2 Å². The Labute approximate surface area is 112 Å². The van der Waals surface area contributed by atoms with E-state index in [-0.39, 0.29) is 11.4 Å². The van der Waals surface area contributed by atoms with Gasteiger partial charge in [0.15, 0.2) is 0 Å². The van der Waals surface area contributed by atoms with Crippen LogP contribution < -0.4 is 10.6 Å². The first-order chi connectivity index (χ1) is 9.22. The van der Waals surface area contributed by atoms with Gasteiger partial charge in [-0.05, 0) is 0 Å². The first-order valence-corrected chi connectivity index (χ1v) is 5.24. The molecule has 0 fully saturated rings. The van der Waals surface area contributed by atoms with Crippen LogP contribution >= 0.6 is 0 Å². The second-order valence-corrected chi connectivity index (χ2v) is 3.76. The van der Waals surface area contributed by atoms with Gasteiger partial charge in [-0.25, -0.2) is 0 Å². The van der Waals surface area contributed by atoms with Crippen LogP contribution in [-0.4, -0.2) is 21.7 Å². The molecule has 0 aliphatic rings. The number of carbonyl (C=O) groups is 2. The minimum atomic E-state index is -0.943. The van der Waals surface area contributed by atoms with Gasteiger partial charge < -0.3 is 10.6 Å². The largest absolute Gasteiger partial charge is 0.348 e. The predicted molar refractivity (Wildman–Crippen MR) is 68.4 cm³/mol. The summed E-state index contributed by atoms with van der Waals surface area (Å²) in [7, 11) is 0. The fourth-order valence-corrected chi connectivity index (χ4v) is 1.46. The van der Waals surface area contributed by atoms with Gasteiger partial charge in [0, 0.05) is 26.0 Å². The van der Waals surface area contributed by atoms with Crippen LogP contribution in [-0.2, 0) is 9.59 Å². The molecule has 0 saturated heterocycles. The molecule has 20 heavy (non-hydrogen) atoms. The first kappa shape index (κ1) is 15.0. The maximum atomic E-state index is 11.0. The minimum absolute atomic E-state index is 0.0926. The third kappa shape index (κ3) is 3.48. The number of nitro benzene ring substituents is 2. The summed E-state index contributed by atoms with van der Waals surface area (Å²) in [5.74, 6) is -1.08. The van der Waals surface area contributed by atoms with Gasteiger partial charge in [0.1, 0.15) is 0 Å². The predicted octanol–water partition coefficient (Wildman–Crippen LogP) is 1.42. The number of carbonyl (C=O) groups excluding carboxylic acids is 2. The number of hydrogen-bond donors (Lipinski definition) is 2. The van der Waals surface area contributed by atoms with E-state index in [1.165, 1.54) is 0 Å². The number of nitrogens with zero attached hydrogens (tertiary/aromatic N) is 2. The summed E-state index contributed by atoms with van der Waals surface area (Å²) in [5, 5.41) is 26.1. The van der Waals surface area contributed by atoms with E-state index >= 15 is 0 Å². The van der Waals surface area contributed by atoms with Crippen molar-refractivity contribution in [1.82, 2.24) is 0 Å². The lowest BCUT2D eigenvalue weighted by molar-refractivity contribution is -0.422. The highest BCUT2D eigenvalue weighted by molar-refractivity contribution is 5.99. The summed E-state index contributed by atoms with van der Waals surface area (Å²) < 4.78 is 0. The van der Waals surface area contributed by atoms with Crippen LogP contribution in [0.1, 0.15) is 13.8 Å². The average Bonchev–Trinajstić information content (AvgIpc) is 2.28. The molecular weight excluding hydrogens is 272 g/mol. The first-order valence-electron chi connectivity index (χ1n) is 5.24. The molecule has 0 heterocycles. The smallest absolute Gasteiger partial charge is 0.324 e. The second kappa shape index (κ2) is 5.73. The molecule has 0 unspecified atom stereocenters. The highest BCUT2D eigenvalue weighted by atomic mass is 16.6.